The first-order valence-corrected chi connectivity index (χ1v) is 4.01. The molecule has 0 saturated carbocycles. The highest BCUT2D eigenvalue weighted by Crippen LogP contribution is 2.29. The van der Waals surface area contributed by atoms with Crippen LogP contribution in [0.2, 0.25) is 0 Å². The van der Waals surface area contributed by atoms with Gasteiger partial charge in [0, 0.05) is 0 Å². The van der Waals surface area contributed by atoms with E-state index in [1.807, 2.05) is 0 Å². The smallest absolute Gasteiger partial charge is 0.448 e. The fourth-order valence-corrected chi connectivity index (χ4v) is 0.700. The number of nitrogens with one attached hydrogen (secondary N) is 1. The lowest BCUT2D eigenvalue weighted by atomic mass is 10.2. The third-order valence-corrected chi connectivity index (χ3v) is 1.45. The normalized spacial score (nSPS) is 14.9. The second kappa shape index (κ2) is 5.01. The van der Waals surface area contributed by atoms with Crippen molar-refractivity contribution < 1.29 is 37.3 Å². The van der Waals surface area contributed by atoms with Crippen LogP contribution in [0.25, 0.3) is 0 Å². The molecule has 9 heteroatoms. The van der Waals surface area contributed by atoms with Crippen LogP contribution in [0.3, 0.4) is 0 Å². The number of aliphatic hydroxyl groups is 1. The van der Waals surface area contributed by atoms with Crippen LogP contribution in [-0.2, 0) is 14.3 Å². The summed E-state index contributed by atoms with van der Waals surface area (Å²) in [5, 5.41) is 9.98. The van der Waals surface area contributed by atoms with Crippen LogP contribution in [0.15, 0.2) is 0 Å². The average molecular weight is 245 g/mol. The third-order valence-electron chi connectivity index (χ3n) is 1.45. The molecule has 0 fully saturated rings. The second-order valence-corrected chi connectivity index (χ2v) is 2.55. The van der Waals surface area contributed by atoms with Crippen molar-refractivity contribution in [2.24, 2.45) is 0 Å². The molecule has 16 heavy (non-hydrogen) atoms. The number of hydrogen-bond acceptors (Lipinski definition) is 5. The summed E-state index contributed by atoms with van der Waals surface area (Å²) in [4.78, 5) is 21.5. The van der Waals surface area contributed by atoms with Crippen LogP contribution < -0.4 is 5.32 Å². The Balaban J connectivity index is 4.96. The lowest BCUT2D eigenvalue weighted by molar-refractivity contribution is -0.269. The zero-order valence-corrected chi connectivity index (χ0v) is 8.42. The van der Waals surface area contributed by atoms with E-state index in [4.69, 9.17) is 5.11 Å². The van der Waals surface area contributed by atoms with Gasteiger partial charge in [-0.2, -0.15) is 13.2 Å². The molecule has 0 saturated heterocycles. The molecule has 0 heterocycles. The molecule has 1 atom stereocenters. The Labute approximate surface area is 88.3 Å². The number of ether oxygens (including phenoxy) is 2. The fraction of sp³-hybridized carbons (Fsp3) is 0.714. The summed E-state index contributed by atoms with van der Waals surface area (Å²) < 4.78 is 44.8. The Bertz CT molecular complexity index is 280. The Morgan fingerprint density at radius 1 is 1.38 bits per heavy atom. The number of esters is 1. The van der Waals surface area contributed by atoms with Gasteiger partial charge in [0.25, 0.3) is 0 Å². The molecule has 0 aromatic rings. The molecule has 0 radical (unpaired) electrons. The van der Waals surface area contributed by atoms with Gasteiger partial charge in [-0.3, -0.25) is 5.32 Å². The van der Waals surface area contributed by atoms with Crippen molar-refractivity contribution >= 4 is 12.1 Å². The minimum Gasteiger partial charge on any atom is -0.465 e. The SMILES string of the molecule is CCOC(=O)NC(O)(C(=O)OC)C(F)(F)F. The van der Waals surface area contributed by atoms with E-state index in [-0.39, 0.29) is 6.61 Å². The van der Waals surface area contributed by atoms with E-state index in [2.05, 4.69) is 9.47 Å². The minimum absolute atomic E-state index is 0.221. The van der Waals surface area contributed by atoms with Crippen LogP contribution in [0.1, 0.15) is 6.92 Å². The number of hydrogen-bond donors (Lipinski definition) is 2. The van der Waals surface area contributed by atoms with Gasteiger partial charge in [0.1, 0.15) is 0 Å². The maximum absolute atomic E-state index is 12.3. The zero-order valence-electron chi connectivity index (χ0n) is 8.42. The Morgan fingerprint density at radius 3 is 2.19 bits per heavy atom. The number of amides is 1. The summed E-state index contributed by atoms with van der Waals surface area (Å²) in [5.74, 6) is -2.06. The van der Waals surface area contributed by atoms with E-state index in [0.29, 0.717) is 7.11 Å². The summed E-state index contributed by atoms with van der Waals surface area (Å²) in [5.41, 5.74) is -4.12. The maximum Gasteiger partial charge on any atom is 0.448 e. The van der Waals surface area contributed by atoms with Gasteiger partial charge in [-0.25, -0.2) is 9.59 Å². The van der Waals surface area contributed by atoms with E-state index in [0.717, 1.165) is 5.32 Å². The van der Waals surface area contributed by atoms with E-state index in [1.54, 1.807) is 0 Å². The summed E-state index contributed by atoms with van der Waals surface area (Å²) in [6.45, 7) is 1.12. The monoisotopic (exact) mass is 245 g/mol. The Kier molecular flexibility index (Phi) is 4.54. The van der Waals surface area contributed by atoms with Crippen LogP contribution in [-0.4, -0.2) is 42.8 Å². The highest BCUT2D eigenvalue weighted by molar-refractivity contribution is 5.84. The highest BCUT2D eigenvalue weighted by atomic mass is 19.4. The van der Waals surface area contributed by atoms with Gasteiger partial charge in [-0.05, 0) is 6.92 Å². The Hall–Kier alpha value is -1.51. The molecule has 94 valence electrons. The molecule has 0 aliphatic carbocycles. The molecular formula is C7H10F3NO5. The van der Waals surface area contributed by atoms with Crippen LogP contribution in [0.4, 0.5) is 18.0 Å². The van der Waals surface area contributed by atoms with Crippen molar-refractivity contribution in [1.82, 2.24) is 5.32 Å². The van der Waals surface area contributed by atoms with Gasteiger partial charge in [-0.15, -0.1) is 0 Å². The zero-order chi connectivity index (χ0) is 13.0. The molecule has 1 unspecified atom stereocenters. The quantitative estimate of drug-likeness (QED) is 0.546. The van der Waals surface area contributed by atoms with Crippen LogP contribution in [0, 0.1) is 0 Å². The molecule has 0 rings (SSSR count). The summed E-state index contributed by atoms with van der Waals surface area (Å²) in [7, 11) is 0.631. The Morgan fingerprint density at radius 2 is 1.88 bits per heavy atom. The molecule has 6 nitrogen and oxygen atoms in total. The first-order chi connectivity index (χ1) is 7.19. The van der Waals surface area contributed by atoms with Crippen molar-refractivity contribution in [2.45, 2.75) is 18.8 Å². The van der Waals surface area contributed by atoms with E-state index >= 15 is 0 Å². The number of halogens is 3. The first kappa shape index (κ1) is 14.5. The molecule has 0 bridgehead atoms. The number of carbonyl (C=O) groups is 2. The highest BCUT2D eigenvalue weighted by Gasteiger charge is 2.62. The summed E-state index contributed by atoms with van der Waals surface area (Å²) in [6.07, 6.45) is -7.01. The molecule has 2 N–H and O–H groups in total. The largest absolute Gasteiger partial charge is 0.465 e. The van der Waals surface area contributed by atoms with Crippen LogP contribution in [0.5, 0.6) is 0 Å². The van der Waals surface area contributed by atoms with Crippen molar-refractivity contribution in [2.75, 3.05) is 13.7 Å². The lowest BCUT2D eigenvalue weighted by Gasteiger charge is -2.27. The molecular weight excluding hydrogens is 235 g/mol. The van der Waals surface area contributed by atoms with Gasteiger partial charge >= 0.3 is 24.0 Å². The second-order valence-electron chi connectivity index (χ2n) is 2.55. The van der Waals surface area contributed by atoms with E-state index < -0.39 is 24.0 Å². The number of rotatable bonds is 3. The van der Waals surface area contributed by atoms with Crippen molar-refractivity contribution in [3.63, 3.8) is 0 Å². The predicted molar refractivity (Wildman–Crippen MR) is 43.2 cm³/mol. The number of alkyl carbamates (subject to hydrolysis) is 1. The molecule has 0 aromatic carbocycles. The predicted octanol–water partition coefficient (Wildman–Crippen LogP) is 0.156. The first-order valence-electron chi connectivity index (χ1n) is 4.01. The molecule has 0 spiro atoms. The average Bonchev–Trinajstić information content (AvgIpc) is 2.14. The maximum atomic E-state index is 12.3. The minimum atomic E-state index is -5.42. The standard InChI is InChI=1S/C7H10F3NO5/c1-3-16-5(13)11-6(14,4(12)15-2)7(8,9)10/h14H,3H2,1-2H3,(H,11,13). The number of methoxy groups -OCH3 is 1. The summed E-state index contributed by atoms with van der Waals surface area (Å²) in [6, 6.07) is 0. The van der Waals surface area contributed by atoms with Gasteiger partial charge < -0.3 is 14.6 Å². The fourth-order valence-electron chi connectivity index (χ4n) is 0.700. The van der Waals surface area contributed by atoms with Crippen molar-refractivity contribution in [1.29, 1.82) is 0 Å². The molecule has 1 amide bonds. The molecule has 0 aromatic heterocycles. The van der Waals surface area contributed by atoms with Crippen LogP contribution >= 0.6 is 0 Å². The van der Waals surface area contributed by atoms with Gasteiger partial charge in [0.2, 0.25) is 0 Å². The number of alkyl halides is 3. The van der Waals surface area contributed by atoms with E-state index in [9.17, 15) is 22.8 Å². The van der Waals surface area contributed by atoms with Crippen molar-refractivity contribution in [3.05, 3.63) is 0 Å². The topological polar surface area (TPSA) is 84.9 Å². The van der Waals surface area contributed by atoms with Crippen molar-refractivity contribution in [3.8, 4) is 0 Å². The van der Waals surface area contributed by atoms with Gasteiger partial charge in [0.15, 0.2) is 0 Å². The lowest BCUT2D eigenvalue weighted by Crippen LogP contribution is -2.64. The van der Waals surface area contributed by atoms with Gasteiger partial charge in [0.05, 0.1) is 13.7 Å². The molecule has 0 aliphatic heterocycles. The molecule has 0 aliphatic rings. The number of carbonyl (C=O) groups excluding carboxylic acids is 2. The van der Waals surface area contributed by atoms with Gasteiger partial charge in [-0.1, -0.05) is 0 Å². The van der Waals surface area contributed by atoms with E-state index in [1.165, 1.54) is 6.92 Å². The third kappa shape index (κ3) is 2.99. The summed E-state index contributed by atoms with van der Waals surface area (Å²) >= 11 is 0.